The zero-order chi connectivity index (χ0) is 35.4. The van der Waals surface area contributed by atoms with Crippen molar-refractivity contribution in [1.82, 2.24) is 34.4 Å². The number of imidazole rings is 2. The highest BCUT2D eigenvalue weighted by molar-refractivity contribution is 5.83. The molecule has 3 aromatic rings. The van der Waals surface area contributed by atoms with E-state index < -0.39 is 66.6 Å². The number of H-pyrrole nitrogens is 1. The number of aromatic amines is 1. The summed E-state index contributed by atoms with van der Waals surface area (Å²) in [7, 11) is 0. The van der Waals surface area contributed by atoms with Crippen molar-refractivity contribution in [2.75, 3.05) is 13.2 Å². The number of rotatable bonds is 15. The molecular formula is C31H40N8O11. The number of hydrogen-bond acceptors (Lipinski definition) is 16. The predicted molar refractivity (Wildman–Crippen MR) is 171 cm³/mol. The van der Waals surface area contributed by atoms with Gasteiger partial charge in [0, 0.05) is 12.8 Å². The van der Waals surface area contributed by atoms with E-state index in [1.807, 2.05) is 0 Å². The Kier molecular flexibility index (Phi) is 11.0. The van der Waals surface area contributed by atoms with Gasteiger partial charge in [0.25, 0.3) is 5.56 Å². The van der Waals surface area contributed by atoms with E-state index in [0.29, 0.717) is 30.1 Å². The van der Waals surface area contributed by atoms with E-state index in [9.17, 15) is 34.8 Å². The second kappa shape index (κ2) is 15.6. The summed E-state index contributed by atoms with van der Waals surface area (Å²) in [6.07, 6.45) is 1.01. The first kappa shape index (κ1) is 35.3. The molecule has 3 aromatic heterocycles. The molecule has 19 nitrogen and oxygen atoms in total. The van der Waals surface area contributed by atoms with E-state index in [0.717, 1.165) is 25.7 Å². The maximum atomic E-state index is 12.3. The molecule has 6 rings (SSSR count). The van der Waals surface area contributed by atoms with Crippen molar-refractivity contribution >= 4 is 41.0 Å². The number of carbonyl (C=O) groups excluding carboxylic acids is 2. The molecule has 0 spiro atoms. The number of aliphatic imine (C=N–C) groups is 1. The van der Waals surface area contributed by atoms with Gasteiger partial charge in [-0.25, -0.2) is 19.9 Å². The minimum Gasteiger partial charge on any atom is -0.463 e. The molecule has 3 aliphatic heterocycles. The first-order valence-electron chi connectivity index (χ1n) is 16.4. The van der Waals surface area contributed by atoms with Crippen molar-refractivity contribution in [3.63, 3.8) is 0 Å². The van der Waals surface area contributed by atoms with Crippen LogP contribution < -0.4 is 10.9 Å². The maximum Gasteiger partial charge on any atom is 0.305 e. The van der Waals surface area contributed by atoms with Crippen molar-refractivity contribution in [1.29, 1.82) is 0 Å². The number of ether oxygens (including phenoxy) is 4. The standard InChI is InChI=1S/C31H40N8O11/c1-16-21-27(33-12-32-16)38(14-36-21)30-25(44)23(42)17(49-30)10-47-19(40)8-6-4-2-3-5-7-9-20(41)48-11-18-24(43)26(45)31(50-18)39-15-37-22-28(39)34-13-35-29(22)46/h12-15,17-18,23-26,30-31,42-45H,1-11H2,(H,32,33)(H,34,35,46)/t17-,18+,23+,24-,25+,26-,30-,31+/m0/s1. The van der Waals surface area contributed by atoms with Gasteiger partial charge in [0.2, 0.25) is 0 Å². The highest BCUT2D eigenvalue weighted by Gasteiger charge is 2.46. The third-order valence-electron chi connectivity index (χ3n) is 8.90. The Hall–Kier alpha value is -4.53. The van der Waals surface area contributed by atoms with Gasteiger partial charge < -0.3 is 49.7 Å². The van der Waals surface area contributed by atoms with Gasteiger partial charge in [-0.2, -0.15) is 0 Å². The smallest absolute Gasteiger partial charge is 0.305 e. The highest BCUT2D eigenvalue weighted by Crippen LogP contribution is 2.36. The minimum atomic E-state index is -1.36. The Balaban J connectivity index is 0.814. The van der Waals surface area contributed by atoms with Crippen molar-refractivity contribution in [2.45, 2.75) is 100 Å². The van der Waals surface area contributed by atoms with Crippen LogP contribution in [-0.2, 0) is 28.5 Å². The molecule has 0 amide bonds. The van der Waals surface area contributed by atoms with Crippen LogP contribution >= 0.6 is 0 Å². The lowest BCUT2D eigenvalue weighted by molar-refractivity contribution is -0.151. The number of aromatic nitrogens is 6. The van der Waals surface area contributed by atoms with E-state index in [-0.39, 0.29) is 37.2 Å². The van der Waals surface area contributed by atoms with Crippen molar-refractivity contribution in [2.24, 2.45) is 4.99 Å². The number of aliphatic hydroxyl groups excluding tert-OH is 4. The van der Waals surface area contributed by atoms with Gasteiger partial charge in [-0.15, -0.1) is 0 Å². The van der Waals surface area contributed by atoms with Crippen LogP contribution in [0.4, 0.5) is 5.82 Å². The molecule has 50 heavy (non-hydrogen) atoms. The van der Waals surface area contributed by atoms with Crippen molar-refractivity contribution in [3.8, 4) is 0 Å². The summed E-state index contributed by atoms with van der Waals surface area (Å²) in [6.45, 7) is 3.38. The van der Waals surface area contributed by atoms with Gasteiger partial charge in [-0.3, -0.25) is 23.5 Å². The van der Waals surface area contributed by atoms with Gasteiger partial charge in [0.15, 0.2) is 29.4 Å². The topological polar surface area (TPSA) is 258 Å². The zero-order valence-corrected chi connectivity index (χ0v) is 27.0. The number of hydrogen-bond donors (Lipinski definition) is 6. The van der Waals surface area contributed by atoms with Crippen LogP contribution in [0.3, 0.4) is 0 Å². The van der Waals surface area contributed by atoms with E-state index in [1.54, 1.807) is 0 Å². The number of nitrogens with one attached hydrogen (secondary N) is 2. The summed E-state index contributed by atoms with van der Waals surface area (Å²) in [4.78, 5) is 55.4. The summed E-state index contributed by atoms with van der Waals surface area (Å²) >= 11 is 0. The fourth-order valence-electron chi connectivity index (χ4n) is 6.10. The van der Waals surface area contributed by atoms with Crippen LogP contribution in [0, 0.1) is 0 Å². The average Bonchev–Trinajstić information content (AvgIpc) is 3.86. The number of unbranched alkanes of at least 4 members (excludes halogenated alkanes) is 5. The van der Waals surface area contributed by atoms with Crippen LogP contribution in [0.25, 0.3) is 16.9 Å². The van der Waals surface area contributed by atoms with Crippen LogP contribution in [-0.4, -0.2) is 118 Å². The Morgan fingerprint density at radius 2 is 1.36 bits per heavy atom. The first-order valence-corrected chi connectivity index (χ1v) is 16.4. The number of nitrogens with zero attached hydrogens (tertiary/aromatic N) is 6. The first-order chi connectivity index (χ1) is 24.1. The summed E-state index contributed by atoms with van der Waals surface area (Å²) < 4.78 is 25.0. The molecule has 0 unspecified atom stereocenters. The summed E-state index contributed by atoms with van der Waals surface area (Å²) in [5.41, 5.74) is 0.828. The summed E-state index contributed by atoms with van der Waals surface area (Å²) in [5.74, 6) is -0.470. The van der Waals surface area contributed by atoms with Crippen LogP contribution in [0.5, 0.6) is 0 Å². The molecule has 0 radical (unpaired) electrons. The molecule has 0 saturated carbocycles. The molecule has 3 aliphatic rings. The fourth-order valence-corrected chi connectivity index (χ4v) is 6.10. The fraction of sp³-hybridized carbons (Fsp3) is 0.581. The number of esters is 2. The van der Waals surface area contributed by atoms with Gasteiger partial charge in [-0.1, -0.05) is 32.3 Å². The van der Waals surface area contributed by atoms with Gasteiger partial charge >= 0.3 is 11.9 Å². The maximum absolute atomic E-state index is 12.3. The molecule has 6 heterocycles. The summed E-state index contributed by atoms with van der Waals surface area (Å²) in [6, 6.07) is 0. The van der Waals surface area contributed by atoms with E-state index in [4.69, 9.17) is 18.9 Å². The third kappa shape index (κ3) is 7.47. The third-order valence-corrected chi connectivity index (χ3v) is 8.90. The lowest BCUT2D eigenvalue weighted by Gasteiger charge is -2.19. The van der Waals surface area contributed by atoms with Crippen LogP contribution in [0.1, 0.15) is 69.5 Å². The normalized spacial score (nSPS) is 27.4. The minimum absolute atomic E-state index is 0.0606. The lowest BCUT2D eigenvalue weighted by atomic mass is 10.1. The van der Waals surface area contributed by atoms with Gasteiger partial charge in [0.05, 0.1) is 31.0 Å². The second-order valence-corrected chi connectivity index (χ2v) is 12.3. The second-order valence-electron chi connectivity index (χ2n) is 12.3. The van der Waals surface area contributed by atoms with Gasteiger partial charge in [0.1, 0.15) is 55.5 Å². The summed E-state index contributed by atoms with van der Waals surface area (Å²) in [5, 5.41) is 44.9. The molecule has 19 heteroatoms. The van der Waals surface area contributed by atoms with E-state index >= 15 is 0 Å². The Labute approximate surface area is 284 Å². The number of fused-ring (bicyclic) bond motifs is 2. The van der Waals surface area contributed by atoms with Crippen LogP contribution in [0.2, 0.25) is 0 Å². The van der Waals surface area contributed by atoms with E-state index in [2.05, 4.69) is 36.8 Å². The largest absolute Gasteiger partial charge is 0.463 e. The quantitative estimate of drug-likeness (QED) is 0.0878. The number of aliphatic hydroxyl groups is 4. The molecule has 0 aliphatic carbocycles. The molecule has 2 saturated heterocycles. The number of carbonyl (C=O) groups is 2. The van der Waals surface area contributed by atoms with Crippen molar-refractivity contribution < 1.29 is 49.0 Å². The Morgan fingerprint density at radius 3 is 1.98 bits per heavy atom. The highest BCUT2D eigenvalue weighted by atomic mass is 16.6. The molecule has 0 aromatic carbocycles. The zero-order valence-electron chi connectivity index (χ0n) is 27.0. The van der Waals surface area contributed by atoms with Crippen molar-refractivity contribution in [3.05, 3.63) is 41.6 Å². The lowest BCUT2D eigenvalue weighted by Crippen LogP contribution is -2.34. The molecule has 270 valence electrons. The van der Waals surface area contributed by atoms with Gasteiger partial charge in [-0.05, 0) is 12.8 Å². The average molecular weight is 701 g/mol. The van der Waals surface area contributed by atoms with Crippen LogP contribution in [0.15, 0.2) is 35.3 Å². The molecule has 2 fully saturated rings. The SMILES string of the molecule is C=C1NC=Nc2c1ncn2[C@H]1O[C@@H](COC(=O)CCCCCCCCC(=O)OC[C@H]2O[C@@H](n3cnc4c(=O)[nH]cnc43)[C@@H](O)[C@H]2O)[C@@H](O)[C@H]1O. The Morgan fingerprint density at radius 1 is 0.800 bits per heavy atom. The predicted octanol–water partition coefficient (Wildman–Crippen LogP) is -0.304. The Bertz CT molecular complexity index is 1770. The molecule has 0 bridgehead atoms. The molecule has 6 N–H and O–H groups in total. The van der Waals surface area contributed by atoms with E-state index in [1.165, 1.54) is 34.5 Å². The molecular weight excluding hydrogens is 660 g/mol. The monoisotopic (exact) mass is 700 g/mol. The molecule has 8 atom stereocenters.